The van der Waals surface area contributed by atoms with Gasteiger partial charge in [-0.1, -0.05) is 27.7 Å². The van der Waals surface area contributed by atoms with Crippen molar-refractivity contribution in [2.75, 3.05) is 12.9 Å². The van der Waals surface area contributed by atoms with Crippen LogP contribution < -0.4 is 15.7 Å². The van der Waals surface area contributed by atoms with Crippen molar-refractivity contribution in [3.05, 3.63) is 77.8 Å². The van der Waals surface area contributed by atoms with Gasteiger partial charge in [-0.2, -0.15) is 5.10 Å². The summed E-state index contributed by atoms with van der Waals surface area (Å²) in [6.07, 6.45) is 5.68. The lowest BCUT2D eigenvalue weighted by molar-refractivity contribution is -0.118. The molecule has 0 fully saturated rings. The molecular formula is C26H22Br2N4O3S2. The number of benzene rings is 2. The summed E-state index contributed by atoms with van der Waals surface area (Å²) in [5, 5.41) is 5.26. The van der Waals surface area contributed by atoms with Crippen LogP contribution in [0.15, 0.2) is 66.5 Å². The van der Waals surface area contributed by atoms with E-state index in [4.69, 9.17) is 9.72 Å². The van der Waals surface area contributed by atoms with Crippen molar-refractivity contribution in [2.45, 2.75) is 30.8 Å². The minimum atomic E-state index is -0.295. The normalized spacial score (nSPS) is 13.2. The molecule has 0 saturated carbocycles. The van der Waals surface area contributed by atoms with E-state index in [0.29, 0.717) is 22.0 Å². The third-order valence-corrected chi connectivity index (χ3v) is 9.23. The molecule has 0 atom stereocenters. The first-order valence-electron chi connectivity index (χ1n) is 11.6. The number of carbonyl (C=O) groups is 1. The molecule has 0 radical (unpaired) electrons. The highest BCUT2D eigenvalue weighted by atomic mass is 79.9. The van der Waals surface area contributed by atoms with Crippen LogP contribution in [-0.2, 0) is 17.6 Å². The SMILES string of the molecule is COc1ccc(C=NNC(=O)CSc2nc3sc4c(c3c(=O)n2-c2ccc(Br)cc2)CCCC4)cc1Br. The summed E-state index contributed by atoms with van der Waals surface area (Å²) in [5.41, 5.74) is 5.13. The fraction of sp³-hybridized carbons (Fsp3) is 0.231. The Morgan fingerprint density at radius 3 is 2.76 bits per heavy atom. The zero-order valence-electron chi connectivity index (χ0n) is 19.8. The number of halogens is 2. The molecular weight excluding hydrogens is 640 g/mol. The molecule has 37 heavy (non-hydrogen) atoms. The Balaban J connectivity index is 1.39. The second-order valence-electron chi connectivity index (χ2n) is 8.38. The number of hydrogen-bond donors (Lipinski definition) is 1. The lowest BCUT2D eigenvalue weighted by atomic mass is 9.97. The van der Waals surface area contributed by atoms with Crippen LogP contribution >= 0.6 is 55.0 Å². The number of aryl methyl sites for hydroxylation is 2. The number of aromatic nitrogens is 2. The number of hydrazone groups is 1. The van der Waals surface area contributed by atoms with Crippen molar-refractivity contribution < 1.29 is 9.53 Å². The highest BCUT2D eigenvalue weighted by molar-refractivity contribution is 9.10. The first-order valence-corrected chi connectivity index (χ1v) is 14.9. The lowest BCUT2D eigenvalue weighted by Crippen LogP contribution is -2.24. The zero-order chi connectivity index (χ0) is 25.9. The minimum absolute atomic E-state index is 0.0587. The molecule has 0 bridgehead atoms. The summed E-state index contributed by atoms with van der Waals surface area (Å²) in [5.74, 6) is 0.477. The predicted octanol–water partition coefficient (Wildman–Crippen LogP) is 6.10. The van der Waals surface area contributed by atoms with Crippen molar-refractivity contribution in [1.82, 2.24) is 15.0 Å². The van der Waals surface area contributed by atoms with E-state index in [0.717, 1.165) is 50.6 Å². The van der Waals surface area contributed by atoms with Crippen molar-refractivity contribution in [1.29, 1.82) is 0 Å². The maximum atomic E-state index is 13.8. The van der Waals surface area contributed by atoms with Gasteiger partial charge in [-0.05, 0) is 95.2 Å². The van der Waals surface area contributed by atoms with E-state index in [9.17, 15) is 9.59 Å². The van der Waals surface area contributed by atoms with Crippen molar-refractivity contribution in [3.8, 4) is 11.4 Å². The number of ether oxygens (including phenoxy) is 1. The fourth-order valence-electron chi connectivity index (χ4n) is 4.21. The number of nitrogens with one attached hydrogen (secondary N) is 1. The molecule has 1 amide bonds. The predicted molar refractivity (Wildman–Crippen MR) is 157 cm³/mol. The molecule has 11 heteroatoms. The molecule has 0 aliphatic heterocycles. The molecule has 5 rings (SSSR count). The summed E-state index contributed by atoms with van der Waals surface area (Å²) in [6, 6.07) is 13.0. The van der Waals surface area contributed by atoms with Gasteiger partial charge in [0.15, 0.2) is 5.16 Å². The zero-order valence-corrected chi connectivity index (χ0v) is 24.6. The van der Waals surface area contributed by atoms with E-state index < -0.39 is 0 Å². The highest BCUT2D eigenvalue weighted by Crippen LogP contribution is 2.35. The number of thioether (sulfide) groups is 1. The smallest absolute Gasteiger partial charge is 0.267 e. The Labute approximate surface area is 238 Å². The van der Waals surface area contributed by atoms with Gasteiger partial charge in [-0.3, -0.25) is 14.2 Å². The Hall–Kier alpha value is -2.47. The molecule has 4 aromatic rings. The molecule has 1 aliphatic rings. The lowest BCUT2D eigenvalue weighted by Gasteiger charge is -2.13. The number of amides is 1. The van der Waals surface area contributed by atoms with Crippen LogP contribution in [0.2, 0.25) is 0 Å². The second kappa shape index (κ2) is 11.5. The molecule has 7 nitrogen and oxygen atoms in total. The number of hydrogen-bond acceptors (Lipinski definition) is 7. The standard InChI is InChI=1S/C26H22Br2N4O3S2/c1-35-20-11-6-15(12-19(20)28)13-29-31-22(33)14-36-26-30-24-23(18-4-2-3-5-21(18)37-24)25(34)32(26)17-9-7-16(27)8-10-17/h6-13H,2-5,14H2,1H3,(H,31,33). The largest absolute Gasteiger partial charge is 0.496 e. The molecule has 2 aromatic heterocycles. The number of thiophene rings is 1. The average molecular weight is 662 g/mol. The first-order chi connectivity index (χ1) is 17.9. The summed E-state index contributed by atoms with van der Waals surface area (Å²) >= 11 is 9.72. The quantitative estimate of drug-likeness (QED) is 0.112. The van der Waals surface area contributed by atoms with Crippen LogP contribution in [0.5, 0.6) is 5.75 Å². The molecule has 2 heterocycles. The van der Waals surface area contributed by atoms with Gasteiger partial charge in [-0.15, -0.1) is 11.3 Å². The molecule has 1 N–H and O–H groups in total. The number of fused-ring (bicyclic) bond motifs is 3. The summed E-state index contributed by atoms with van der Waals surface area (Å²) < 4.78 is 8.56. The van der Waals surface area contributed by atoms with Crippen LogP contribution in [0.4, 0.5) is 0 Å². The number of nitrogens with zero attached hydrogens (tertiary/aromatic N) is 3. The summed E-state index contributed by atoms with van der Waals surface area (Å²) in [7, 11) is 1.60. The number of carbonyl (C=O) groups excluding carboxylic acids is 1. The van der Waals surface area contributed by atoms with Crippen LogP contribution in [0, 0.1) is 0 Å². The molecule has 1 aliphatic carbocycles. The van der Waals surface area contributed by atoms with Gasteiger partial charge in [0.1, 0.15) is 10.6 Å². The maximum absolute atomic E-state index is 13.8. The monoisotopic (exact) mass is 660 g/mol. The summed E-state index contributed by atoms with van der Waals surface area (Å²) in [4.78, 5) is 33.2. The minimum Gasteiger partial charge on any atom is -0.496 e. The van der Waals surface area contributed by atoms with E-state index in [1.54, 1.807) is 29.2 Å². The number of rotatable bonds is 7. The van der Waals surface area contributed by atoms with Gasteiger partial charge in [0.2, 0.25) is 0 Å². The molecule has 190 valence electrons. The third kappa shape index (κ3) is 5.69. The molecule has 0 unspecified atom stereocenters. The van der Waals surface area contributed by atoms with E-state index in [2.05, 4.69) is 42.4 Å². The number of methoxy groups -OCH3 is 1. The van der Waals surface area contributed by atoms with Crippen LogP contribution in [0.1, 0.15) is 28.8 Å². The molecule has 2 aromatic carbocycles. The molecule has 0 spiro atoms. The second-order valence-corrected chi connectivity index (χ2v) is 12.2. The molecule has 0 saturated heterocycles. The first kappa shape index (κ1) is 26.1. The van der Waals surface area contributed by atoms with Gasteiger partial charge in [-0.25, -0.2) is 10.4 Å². The Kier molecular flexibility index (Phi) is 8.13. The average Bonchev–Trinajstić information content (AvgIpc) is 3.27. The van der Waals surface area contributed by atoms with E-state index in [-0.39, 0.29) is 17.2 Å². The Morgan fingerprint density at radius 2 is 2.00 bits per heavy atom. The Morgan fingerprint density at radius 1 is 1.22 bits per heavy atom. The van der Waals surface area contributed by atoms with Crippen LogP contribution in [-0.4, -0.2) is 34.5 Å². The van der Waals surface area contributed by atoms with Gasteiger partial charge in [0.25, 0.3) is 11.5 Å². The van der Waals surface area contributed by atoms with Crippen LogP contribution in [0.25, 0.3) is 15.9 Å². The Bertz CT molecular complexity index is 1570. The van der Waals surface area contributed by atoms with Crippen molar-refractivity contribution in [3.63, 3.8) is 0 Å². The topological polar surface area (TPSA) is 85.6 Å². The van der Waals surface area contributed by atoms with Gasteiger partial charge < -0.3 is 4.74 Å². The van der Waals surface area contributed by atoms with Crippen LogP contribution in [0.3, 0.4) is 0 Å². The summed E-state index contributed by atoms with van der Waals surface area (Å²) in [6.45, 7) is 0. The van der Waals surface area contributed by atoms with Gasteiger partial charge in [0.05, 0.1) is 34.6 Å². The van der Waals surface area contributed by atoms with E-state index >= 15 is 0 Å². The third-order valence-electron chi connectivity index (χ3n) is 5.95. The highest BCUT2D eigenvalue weighted by Gasteiger charge is 2.23. The van der Waals surface area contributed by atoms with Crippen molar-refractivity contribution >= 4 is 77.3 Å². The van der Waals surface area contributed by atoms with Gasteiger partial charge >= 0.3 is 0 Å². The van der Waals surface area contributed by atoms with Crippen molar-refractivity contribution in [2.24, 2.45) is 5.10 Å². The van der Waals surface area contributed by atoms with Gasteiger partial charge in [0, 0.05) is 9.35 Å². The maximum Gasteiger partial charge on any atom is 0.267 e. The van der Waals surface area contributed by atoms with E-state index in [1.807, 2.05) is 42.5 Å². The van der Waals surface area contributed by atoms with E-state index in [1.165, 1.54) is 16.6 Å². The fourth-order valence-corrected chi connectivity index (χ4v) is 7.14.